The van der Waals surface area contributed by atoms with Crippen molar-refractivity contribution in [3.63, 3.8) is 0 Å². The molecule has 2 heterocycles. The molecule has 0 bridgehead atoms. The van der Waals surface area contributed by atoms with E-state index in [1.807, 2.05) is 11.9 Å². The standard InChI is InChI=1S/C20H24F3N5O/c1-26(9-13-4-2-3-5-18(13)20(21,22)23)17-6-14-10-27(11-15(14)7-17)19(29)28-12-16(24)8-25-28/h2-5,8,12,14-15,17H,6-7,9-11,24H2,1H3/t14-,15+,17?. The number of amides is 1. The Morgan fingerprint density at radius 3 is 2.48 bits per heavy atom. The second kappa shape index (κ2) is 7.37. The fourth-order valence-corrected chi connectivity index (χ4v) is 4.70. The number of nitrogens with zero attached hydrogens (tertiary/aromatic N) is 4. The molecule has 2 N–H and O–H groups in total. The Balaban J connectivity index is 1.37. The predicted octanol–water partition coefficient (Wildman–Crippen LogP) is 3.29. The van der Waals surface area contributed by atoms with Gasteiger partial charge in [0.15, 0.2) is 0 Å². The van der Waals surface area contributed by atoms with Crippen LogP contribution in [0.3, 0.4) is 0 Å². The monoisotopic (exact) mass is 407 g/mol. The molecule has 3 atom stereocenters. The lowest BCUT2D eigenvalue weighted by molar-refractivity contribution is -0.138. The van der Waals surface area contributed by atoms with Crippen LogP contribution in [0.15, 0.2) is 36.7 Å². The van der Waals surface area contributed by atoms with Gasteiger partial charge in [-0.2, -0.15) is 23.0 Å². The summed E-state index contributed by atoms with van der Waals surface area (Å²) >= 11 is 0. The summed E-state index contributed by atoms with van der Waals surface area (Å²) in [5, 5.41) is 3.97. The second-order valence-electron chi connectivity index (χ2n) is 8.12. The van der Waals surface area contributed by atoms with E-state index >= 15 is 0 Å². The van der Waals surface area contributed by atoms with Gasteiger partial charge in [-0.05, 0) is 43.4 Å². The van der Waals surface area contributed by atoms with E-state index in [0.29, 0.717) is 36.2 Å². The topological polar surface area (TPSA) is 67.4 Å². The van der Waals surface area contributed by atoms with Crippen molar-refractivity contribution in [3.8, 4) is 0 Å². The van der Waals surface area contributed by atoms with Crippen LogP contribution in [0.5, 0.6) is 0 Å². The van der Waals surface area contributed by atoms with Crippen molar-refractivity contribution in [2.75, 3.05) is 25.9 Å². The Kier molecular flexibility index (Phi) is 5.02. The molecular weight excluding hydrogens is 383 g/mol. The van der Waals surface area contributed by atoms with E-state index in [2.05, 4.69) is 5.10 Å². The SMILES string of the molecule is CN(Cc1ccccc1C(F)(F)F)C1C[C@@H]2CN(C(=O)n3cc(N)cn3)C[C@@H]2C1. The number of carbonyl (C=O) groups is 1. The summed E-state index contributed by atoms with van der Waals surface area (Å²) in [7, 11) is 1.88. The summed E-state index contributed by atoms with van der Waals surface area (Å²) < 4.78 is 41.0. The quantitative estimate of drug-likeness (QED) is 0.848. The average Bonchev–Trinajstić information content (AvgIpc) is 3.35. The molecule has 6 nitrogen and oxygen atoms in total. The Morgan fingerprint density at radius 2 is 1.90 bits per heavy atom. The number of aromatic nitrogens is 2. The predicted molar refractivity (Wildman–Crippen MR) is 102 cm³/mol. The minimum atomic E-state index is -4.35. The van der Waals surface area contributed by atoms with Gasteiger partial charge in [-0.3, -0.25) is 4.90 Å². The summed E-state index contributed by atoms with van der Waals surface area (Å²) in [5.41, 5.74) is 5.80. The van der Waals surface area contributed by atoms with E-state index in [4.69, 9.17) is 5.73 Å². The largest absolute Gasteiger partial charge is 0.416 e. The minimum Gasteiger partial charge on any atom is -0.396 e. The number of likely N-dealkylation sites (tertiary alicyclic amines) is 1. The van der Waals surface area contributed by atoms with Crippen molar-refractivity contribution in [2.45, 2.75) is 31.6 Å². The molecule has 9 heteroatoms. The van der Waals surface area contributed by atoms with Crippen LogP contribution in [0.1, 0.15) is 24.0 Å². The van der Waals surface area contributed by atoms with Gasteiger partial charge in [0.05, 0.1) is 23.6 Å². The van der Waals surface area contributed by atoms with Gasteiger partial charge in [0.2, 0.25) is 0 Å². The van der Waals surface area contributed by atoms with E-state index in [-0.39, 0.29) is 18.6 Å². The van der Waals surface area contributed by atoms with Crippen molar-refractivity contribution in [1.82, 2.24) is 19.6 Å². The Bertz CT molecular complexity index is 882. The van der Waals surface area contributed by atoms with Gasteiger partial charge < -0.3 is 10.6 Å². The number of alkyl halides is 3. The maximum atomic E-state index is 13.3. The van der Waals surface area contributed by atoms with Crippen molar-refractivity contribution >= 4 is 11.7 Å². The minimum absolute atomic E-state index is 0.180. The Morgan fingerprint density at radius 1 is 1.24 bits per heavy atom. The average molecular weight is 407 g/mol. The first-order valence-electron chi connectivity index (χ1n) is 9.67. The van der Waals surface area contributed by atoms with Crippen LogP contribution in [0.25, 0.3) is 0 Å². The third kappa shape index (κ3) is 3.96. The van der Waals surface area contributed by atoms with Crippen molar-refractivity contribution in [2.24, 2.45) is 11.8 Å². The number of carbonyl (C=O) groups excluding carboxylic acids is 1. The molecule has 1 saturated heterocycles. The van der Waals surface area contributed by atoms with Crippen molar-refractivity contribution < 1.29 is 18.0 Å². The number of hydrogen-bond donors (Lipinski definition) is 1. The fraction of sp³-hybridized carbons (Fsp3) is 0.500. The van der Waals surface area contributed by atoms with Crippen LogP contribution < -0.4 is 5.73 Å². The number of rotatable bonds is 3. The van der Waals surface area contributed by atoms with E-state index in [0.717, 1.165) is 18.9 Å². The number of halogens is 3. The lowest BCUT2D eigenvalue weighted by atomic mass is 10.0. The molecule has 1 aliphatic carbocycles. The van der Waals surface area contributed by atoms with Crippen LogP contribution >= 0.6 is 0 Å². The molecular formula is C20H24F3N5O. The van der Waals surface area contributed by atoms with Crippen LogP contribution in [0, 0.1) is 11.8 Å². The molecule has 1 aliphatic heterocycles. The number of anilines is 1. The molecule has 1 amide bonds. The van der Waals surface area contributed by atoms with Crippen molar-refractivity contribution in [3.05, 3.63) is 47.8 Å². The first-order valence-corrected chi connectivity index (χ1v) is 9.67. The molecule has 4 rings (SSSR count). The molecule has 0 radical (unpaired) electrons. The number of nitrogen functional groups attached to an aromatic ring is 1. The van der Waals surface area contributed by atoms with E-state index in [1.54, 1.807) is 17.0 Å². The van der Waals surface area contributed by atoms with Crippen LogP contribution in [0.2, 0.25) is 0 Å². The van der Waals surface area contributed by atoms with Crippen LogP contribution in [0.4, 0.5) is 23.7 Å². The smallest absolute Gasteiger partial charge is 0.396 e. The highest BCUT2D eigenvalue weighted by molar-refractivity contribution is 5.77. The van der Waals surface area contributed by atoms with Gasteiger partial charge in [0.25, 0.3) is 0 Å². The van der Waals surface area contributed by atoms with Gasteiger partial charge >= 0.3 is 12.2 Å². The number of fused-ring (bicyclic) bond motifs is 1. The van der Waals surface area contributed by atoms with E-state index in [1.165, 1.54) is 23.1 Å². The lowest BCUT2D eigenvalue weighted by Gasteiger charge is -2.27. The third-order valence-corrected chi connectivity index (χ3v) is 6.16. The van der Waals surface area contributed by atoms with Gasteiger partial charge in [-0.25, -0.2) is 4.79 Å². The first-order chi connectivity index (χ1) is 13.7. The third-order valence-electron chi connectivity index (χ3n) is 6.16. The summed E-state index contributed by atoms with van der Waals surface area (Å²) in [6, 6.07) is 5.78. The highest BCUT2D eigenvalue weighted by atomic mass is 19.4. The zero-order chi connectivity index (χ0) is 20.8. The summed E-state index contributed by atoms with van der Waals surface area (Å²) in [4.78, 5) is 16.3. The van der Waals surface area contributed by atoms with Gasteiger partial charge in [0.1, 0.15) is 0 Å². The normalized spacial score (nSPS) is 24.3. The maximum Gasteiger partial charge on any atom is 0.416 e. The maximum absolute atomic E-state index is 13.3. The Hall–Kier alpha value is -2.55. The molecule has 2 aromatic rings. The molecule has 2 aliphatic rings. The molecule has 2 fully saturated rings. The van der Waals surface area contributed by atoms with Crippen LogP contribution in [-0.2, 0) is 12.7 Å². The molecule has 1 unspecified atom stereocenters. The number of benzene rings is 1. The lowest BCUT2D eigenvalue weighted by Crippen LogP contribution is -2.36. The van der Waals surface area contributed by atoms with Gasteiger partial charge in [0, 0.05) is 25.7 Å². The summed E-state index contributed by atoms with van der Waals surface area (Å²) in [6.45, 7) is 1.55. The van der Waals surface area contributed by atoms with E-state index in [9.17, 15) is 18.0 Å². The molecule has 1 aromatic carbocycles. The van der Waals surface area contributed by atoms with Gasteiger partial charge in [-0.1, -0.05) is 18.2 Å². The van der Waals surface area contributed by atoms with Crippen LogP contribution in [-0.4, -0.2) is 51.8 Å². The van der Waals surface area contributed by atoms with E-state index < -0.39 is 11.7 Å². The highest BCUT2D eigenvalue weighted by Gasteiger charge is 2.44. The molecule has 1 aromatic heterocycles. The summed E-state index contributed by atoms with van der Waals surface area (Å²) in [5.74, 6) is 0.717. The molecule has 0 spiro atoms. The van der Waals surface area contributed by atoms with Crippen molar-refractivity contribution in [1.29, 1.82) is 0 Å². The zero-order valence-electron chi connectivity index (χ0n) is 16.1. The second-order valence-corrected chi connectivity index (χ2v) is 8.12. The highest BCUT2D eigenvalue weighted by Crippen LogP contribution is 2.41. The molecule has 29 heavy (non-hydrogen) atoms. The molecule has 1 saturated carbocycles. The first kappa shape index (κ1) is 19.8. The summed E-state index contributed by atoms with van der Waals surface area (Å²) in [6.07, 6.45) is 0.352. The van der Waals surface area contributed by atoms with Gasteiger partial charge in [-0.15, -0.1) is 0 Å². The fourth-order valence-electron chi connectivity index (χ4n) is 4.70. The molecule has 156 valence electrons. The number of hydrogen-bond acceptors (Lipinski definition) is 4. The zero-order valence-corrected chi connectivity index (χ0v) is 16.1. The Labute approximate surface area is 167 Å². The number of nitrogens with two attached hydrogens (primary N) is 1.